The van der Waals surface area contributed by atoms with Gasteiger partial charge in [0.25, 0.3) is 0 Å². The third kappa shape index (κ3) is 5.75. The zero-order chi connectivity index (χ0) is 19.1. The van der Waals surface area contributed by atoms with Gasteiger partial charge in [0.1, 0.15) is 0 Å². The normalized spacial score (nSPS) is 11.5. The lowest BCUT2D eigenvalue weighted by molar-refractivity contribution is -0.143. The predicted molar refractivity (Wildman–Crippen MR) is 98.3 cm³/mol. The molecule has 0 spiro atoms. The number of primary amides is 1. The molecule has 0 radical (unpaired) electrons. The highest BCUT2D eigenvalue weighted by molar-refractivity contribution is 6.34. The van der Waals surface area contributed by atoms with Crippen LogP contribution in [0.2, 0.25) is 10.0 Å². The molecule has 2 rings (SSSR count). The number of carbonyl (C=O) groups is 3. The Morgan fingerprint density at radius 1 is 1.04 bits per heavy atom. The van der Waals surface area contributed by atoms with Crippen molar-refractivity contribution in [3.63, 3.8) is 0 Å². The van der Waals surface area contributed by atoms with Gasteiger partial charge in [-0.15, -0.1) is 0 Å². The number of ether oxygens (including phenoxy) is 1. The van der Waals surface area contributed by atoms with Gasteiger partial charge in [-0.1, -0.05) is 47.5 Å². The number of ketones is 1. The van der Waals surface area contributed by atoms with E-state index in [4.69, 9.17) is 33.7 Å². The van der Waals surface area contributed by atoms with Crippen LogP contribution in [0.1, 0.15) is 28.4 Å². The number of hydrogen-bond donors (Lipinski definition) is 2. The molecule has 2 aromatic rings. The molecule has 8 heteroatoms. The summed E-state index contributed by atoms with van der Waals surface area (Å²) in [7, 11) is 0. The minimum atomic E-state index is -0.787. The maximum atomic E-state index is 12.1. The second-order valence-corrected chi connectivity index (χ2v) is 6.22. The molecular weight excluding hydrogens is 379 g/mol. The number of carbonyl (C=O) groups excluding carboxylic acids is 3. The average Bonchev–Trinajstić information content (AvgIpc) is 2.60. The number of Topliss-reactive ketones (excluding diaryl/α,β-unsaturated/α-hetero) is 1. The van der Waals surface area contributed by atoms with Crippen molar-refractivity contribution in [1.82, 2.24) is 5.32 Å². The van der Waals surface area contributed by atoms with Crippen LogP contribution >= 0.6 is 23.2 Å². The molecule has 0 unspecified atom stereocenters. The number of urea groups is 1. The molecule has 0 aliphatic carbocycles. The lowest BCUT2D eigenvalue weighted by Gasteiger charge is -2.17. The molecule has 2 amide bonds. The van der Waals surface area contributed by atoms with Crippen molar-refractivity contribution < 1.29 is 19.1 Å². The summed E-state index contributed by atoms with van der Waals surface area (Å²) < 4.78 is 5.01. The lowest BCUT2D eigenvalue weighted by Crippen LogP contribution is -2.34. The Bertz CT molecular complexity index is 809. The smallest absolute Gasteiger partial charge is 0.312 e. The highest BCUT2D eigenvalue weighted by atomic mass is 35.5. The fraction of sp³-hybridized carbons (Fsp3) is 0.167. The number of halogens is 2. The number of amides is 2. The Hall–Kier alpha value is -2.57. The van der Waals surface area contributed by atoms with Crippen molar-refractivity contribution in [2.45, 2.75) is 12.5 Å². The van der Waals surface area contributed by atoms with Crippen LogP contribution in [0.5, 0.6) is 0 Å². The minimum absolute atomic E-state index is 0.194. The maximum absolute atomic E-state index is 12.1. The average molecular weight is 395 g/mol. The van der Waals surface area contributed by atoms with E-state index in [-0.39, 0.29) is 17.0 Å². The molecule has 0 saturated carbocycles. The van der Waals surface area contributed by atoms with E-state index in [1.165, 1.54) is 0 Å². The fourth-order valence-corrected chi connectivity index (χ4v) is 2.62. The summed E-state index contributed by atoms with van der Waals surface area (Å²) in [5, 5.41) is 3.26. The van der Waals surface area contributed by atoms with Crippen molar-refractivity contribution in [2.75, 3.05) is 6.61 Å². The molecule has 0 aromatic heterocycles. The number of esters is 1. The minimum Gasteiger partial charge on any atom is -0.457 e. The van der Waals surface area contributed by atoms with Crippen LogP contribution in [0, 0.1) is 0 Å². The Morgan fingerprint density at radius 2 is 1.69 bits per heavy atom. The molecule has 0 aliphatic rings. The van der Waals surface area contributed by atoms with E-state index in [0.29, 0.717) is 10.6 Å². The number of nitrogens with two attached hydrogens (primary N) is 1. The molecule has 1 atom stereocenters. The van der Waals surface area contributed by atoms with Gasteiger partial charge in [-0.2, -0.15) is 0 Å². The summed E-state index contributed by atoms with van der Waals surface area (Å²) in [6, 6.07) is 11.5. The Balaban J connectivity index is 1.98. The van der Waals surface area contributed by atoms with Crippen LogP contribution in [0.3, 0.4) is 0 Å². The third-order valence-corrected chi connectivity index (χ3v) is 4.08. The predicted octanol–water partition coefficient (Wildman–Crippen LogP) is 3.52. The third-order valence-electron chi connectivity index (χ3n) is 3.50. The molecular formula is C18H16Cl2N2O4. The zero-order valence-corrected chi connectivity index (χ0v) is 15.1. The first-order valence-electron chi connectivity index (χ1n) is 7.61. The van der Waals surface area contributed by atoms with E-state index in [1.54, 1.807) is 48.5 Å². The van der Waals surface area contributed by atoms with E-state index in [2.05, 4.69) is 5.32 Å². The monoisotopic (exact) mass is 394 g/mol. The van der Waals surface area contributed by atoms with Crippen LogP contribution in [0.15, 0.2) is 48.5 Å². The van der Waals surface area contributed by atoms with Crippen molar-refractivity contribution in [2.24, 2.45) is 5.73 Å². The van der Waals surface area contributed by atoms with Crippen molar-refractivity contribution in [1.29, 1.82) is 0 Å². The van der Waals surface area contributed by atoms with Crippen molar-refractivity contribution in [3.8, 4) is 0 Å². The second kappa shape index (κ2) is 9.22. The summed E-state index contributed by atoms with van der Waals surface area (Å²) in [6.45, 7) is -0.452. The number of rotatable bonds is 7. The van der Waals surface area contributed by atoms with Crippen LogP contribution in [0.25, 0.3) is 0 Å². The van der Waals surface area contributed by atoms with Gasteiger partial charge in [0, 0.05) is 10.6 Å². The fourth-order valence-electron chi connectivity index (χ4n) is 2.26. The SMILES string of the molecule is NC(=O)N[C@H](CC(=O)OCC(=O)c1ccccc1Cl)c1ccc(Cl)cc1. The van der Waals surface area contributed by atoms with Crippen molar-refractivity contribution in [3.05, 3.63) is 69.7 Å². The van der Waals surface area contributed by atoms with Gasteiger partial charge in [-0.25, -0.2) is 4.79 Å². The van der Waals surface area contributed by atoms with Gasteiger partial charge in [-0.05, 0) is 29.8 Å². The summed E-state index contributed by atoms with van der Waals surface area (Å²) in [4.78, 5) is 35.3. The standard InChI is InChI=1S/C18H16Cl2N2O4/c19-12-7-5-11(6-8-12)15(22-18(21)25)9-17(24)26-10-16(23)13-3-1-2-4-14(13)20/h1-8,15H,9-10H2,(H3,21,22,25)/t15-/m1/s1. The molecule has 0 heterocycles. The molecule has 3 N–H and O–H groups in total. The van der Waals surface area contributed by atoms with E-state index in [0.717, 1.165) is 0 Å². The van der Waals surface area contributed by atoms with E-state index < -0.39 is 30.4 Å². The van der Waals surface area contributed by atoms with Gasteiger partial charge in [0.2, 0.25) is 5.78 Å². The van der Waals surface area contributed by atoms with Crippen LogP contribution in [-0.4, -0.2) is 24.4 Å². The summed E-state index contributed by atoms with van der Waals surface area (Å²) in [5.41, 5.74) is 6.05. The number of nitrogens with one attached hydrogen (secondary N) is 1. The molecule has 0 aliphatic heterocycles. The van der Waals surface area contributed by atoms with E-state index in [9.17, 15) is 14.4 Å². The van der Waals surface area contributed by atoms with Gasteiger partial charge in [0.15, 0.2) is 6.61 Å². The van der Waals surface area contributed by atoms with E-state index in [1.807, 2.05) is 0 Å². The lowest BCUT2D eigenvalue weighted by atomic mass is 10.0. The largest absolute Gasteiger partial charge is 0.457 e. The highest BCUT2D eigenvalue weighted by Crippen LogP contribution is 2.20. The zero-order valence-electron chi connectivity index (χ0n) is 13.6. The van der Waals surface area contributed by atoms with Gasteiger partial charge < -0.3 is 15.8 Å². The van der Waals surface area contributed by atoms with Crippen LogP contribution in [-0.2, 0) is 9.53 Å². The van der Waals surface area contributed by atoms with Crippen molar-refractivity contribution >= 4 is 41.0 Å². The summed E-state index contributed by atoms with van der Waals surface area (Å²) in [6.07, 6.45) is -0.194. The second-order valence-electron chi connectivity index (χ2n) is 5.38. The first kappa shape index (κ1) is 19.8. The van der Waals surface area contributed by atoms with E-state index >= 15 is 0 Å². The highest BCUT2D eigenvalue weighted by Gasteiger charge is 2.20. The number of benzene rings is 2. The molecule has 26 heavy (non-hydrogen) atoms. The molecule has 2 aromatic carbocycles. The molecule has 136 valence electrons. The van der Waals surface area contributed by atoms with Crippen LogP contribution < -0.4 is 11.1 Å². The quantitative estimate of drug-likeness (QED) is 0.554. The molecule has 0 saturated heterocycles. The summed E-state index contributed by atoms with van der Waals surface area (Å²) >= 11 is 11.8. The molecule has 0 bridgehead atoms. The Labute approximate surface area is 160 Å². The van der Waals surface area contributed by atoms with Gasteiger partial charge in [0.05, 0.1) is 17.5 Å². The topological polar surface area (TPSA) is 98.5 Å². The Kier molecular flexibility index (Phi) is 7.00. The van der Waals surface area contributed by atoms with Gasteiger partial charge >= 0.3 is 12.0 Å². The van der Waals surface area contributed by atoms with Gasteiger partial charge in [-0.3, -0.25) is 9.59 Å². The summed E-state index contributed by atoms with van der Waals surface area (Å²) in [5.74, 6) is -1.09. The maximum Gasteiger partial charge on any atom is 0.312 e. The first-order chi connectivity index (χ1) is 12.4. The Morgan fingerprint density at radius 3 is 2.31 bits per heavy atom. The molecule has 6 nitrogen and oxygen atoms in total. The molecule has 0 fully saturated rings. The number of hydrogen-bond acceptors (Lipinski definition) is 4. The van der Waals surface area contributed by atoms with Crippen LogP contribution in [0.4, 0.5) is 4.79 Å². The first-order valence-corrected chi connectivity index (χ1v) is 8.37.